The summed E-state index contributed by atoms with van der Waals surface area (Å²) in [6, 6.07) is 19.9. The maximum absolute atomic E-state index is 14.4. The number of aromatic nitrogens is 3. The van der Waals surface area contributed by atoms with Crippen LogP contribution in [0.2, 0.25) is 0 Å². The summed E-state index contributed by atoms with van der Waals surface area (Å²) < 4.78 is 18.5. The molecule has 0 saturated heterocycles. The Balaban J connectivity index is 1.69. The minimum Gasteiger partial charge on any atom is -0.338 e. The third-order valence-corrected chi connectivity index (χ3v) is 6.73. The van der Waals surface area contributed by atoms with Gasteiger partial charge in [-0.1, -0.05) is 51.1 Å². The van der Waals surface area contributed by atoms with Crippen molar-refractivity contribution >= 4 is 6.03 Å². The zero-order valence-corrected chi connectivity index (χ0v) is 21.0. The number of aryl methyl sites for hydroxylation is 1. The Bertz CT molecular complexity index is 1360. The van der Waals surface area contributed by atoms with Gasteiger partial charge in [0, 0.05) is 18.3 Å². The van der Waals surface area contributed by atoms with Crippen LogP contribution in [0.25, 0.3) is 11.5 Å². The molecule has 7 heteroatoms. The highest BCUT2D eigenvalue weighted by atomic mass is 19.1. The molecule has 36 heavy (non-hydrogen) atoms. The number of benzene rings is 2. The highest BCUT2D eigenvalue weighted by Crippen LogP contribution is 2.38. The largest absolute Gasteiger partial charge is 0.338 e. The van der Waals surface area contributed by atoms with Crippen molar-refractivity contribution in [3.8, 4) is 11.5 Å². The highest BCUT2D eigenvalue weighted by Gasteiger charge is 2.36. The van der Waals surface area contributed by atoms with E-state index < -0.39 is 6.04 Å². The lowest BCUT2D eigenvalue weighted by atomic mass is 10.0. The molecule has 0 spiro atoms. The Kier molecular flexibility index (Phi) is 6.63. The second kappa shape index (κ2) is 10.0. The first kappa shape index (κ1) is 23.9. The summed E-state index contributed by atoms with van der Waals surface area (Å²) in [5.41, 5.74) is 4.50. The van der Waals surface area contributed by atoms with Gasteiger partial charge in [-0.25, -0.2) is 13.9 Å². The molecule has 1 aliphatic heterocycles. The van der Waals surface area contributed by atoms with Crippen LogP contribution in [0.15, 0.2) is 72.9 Å². The molecule has 1 atom stereocenters. The fraction of sp³-hybridized carbons (Fsp3) is 0.310. The zero-order valence-electron chi connectivity index (χ0n) is 21.0. The van der Waals surface area contributed by atoms with E-state index in [1.165, 1.54) is 12.1 Å². The predicted molar refractivity (Wildman–Crippen MR) is 139 cm³/mol. The minimum atomic E-state index is -0.462. The van der Waals surface area contributed by atoms with Crippen molar-refractivity contribution in [1.29, 1.82) is 0 Å². The van der Waals surface area contributed by atoms with Gasteiger partial charge < -0.3 is 14.8 Å². The number of halogens is 1. The van der Waals surface area contributed by atoms with E-state index in [1.807, 2.05) is 64.3 Å². The van der Waals surface area contributed by atoms with Crippen molar-refractivity contribution in [2.75, 3.05) is 6.54 Å². The van der Waals surface area contributed by atoms with E-state index >= 15 is 0 Å². The van der Waals surface area contributed by atoms with Gasteiger partial charge in [0.05, 0.1) is 29.7 Å². The number of rotatable bonds is 6. The summed E-state index contributed by atoms with van der Waals surface area (Å²) in [4.78, 5) is 15.5. The normalized spacial score (nSPS) is 14.9. The van der Waals surface area contributed by atoms with Crippen LogP contribution < -0.4 is 5.32 Å². The van der Waals surface area contributed by atoms with E-state index in [4.69, 9.17) is 5.10 Å². The fourth-order valence-electron chi connectivity index (χ4n) is 4.94. The molecule has 0 bridgehead atoms. The standard InChI is InChI=1S/C29H32FN5O/c1-4-25-24-19-34(29(36)31-16-15-20(2)3)27(21-10-8-11-22(30)18-21)26-14-9-17-33(26)28(24)35(32-25)23-12-6-5-7-13-23/h5-14,17-18,20,27H,4,15-16,19H2,1-3H3,(H,31,36)/t27-/m0/s1. The highest BCUT2D eigenvalue weighted by molar-refractivity contribution is 5.76. The number of para-hydroxylation sites is 1. The Hall–Kier alpha value is -3.87. The summed E-state index contributed by atoms with van der Waals surface area (Å²) >= 11 is 0. The first-order chi connectivity index (χ1) is 17.5. The van der Waals surface area contributed by atoms with Crippen molar-refractivity contribution < 1.29 is 9.18 Å². The van der Waals surface area contributed by atoms with E-state index in [0.29, 0.717) is 19.0 Å². The molecule has 2 amide bonds. The molecule has 0 aliphatic carbocycles. The van der Waals surface area contributed by atoms with Gasteiger partial charge in [-0.2, -0.15) is 5.10 Å². The van der Waals surface area contributed by atoms with Crippen molar-refractivity contribution in [1.82, 2.24) is 24.6 Å². The van der Waals surface area contributed by atoms with E-state index in [2.05, 4.69) is 30.7 Å². The van der Waals surface area contributed by atoms with Gasteiger partial charge in [0.2, 0.25) is 0 Å². The number of amides is 2. The number of fused-ring (bicyclic) bond motifs is 3. The molecule has 5 rings (SSSR count). The zero-order chi connectivity index (χ0) is 25.2. The van der Waals surface area contributed by atoms with Crippen molar-refractivity contribution in [3.05, 3.63) is 101 Å². The average molecular weight is 486 g/mol. The van der Waals surface area contributed by atoms with Crippen molar-refractivity contribution in [2.45, 2.75) is 46.2 Å². The monoisotopic (exact) mass is 485 g/mol. The molecule has 0 radical (unpaired) electrons. The van der Waals surface area contributed by atoms with Gasteiger partial charge >= 0.3 is 6.03 Å². The number of hydrogen-bond acceptors (Lipinski definition) is 2. The van der Waals surface area contributed by atoms with Crippen LogP contribution in [0.1, 0.15) is 55.7 Å². The van der Waals surface area contributed by atoms with E-state index in [1.54, 1.807) is 6.07 Å². The van der Waals surface area contributed by atoms with Crippen LogP contribution in [0.5, 0.6) is 0 Å². The summed E-state index contributed by atoms with van der Waals surface area (Å²) in [6.45, 7) is 7.30. The lowest BCUT2D eigenvalue weighted by Gasteiger charge is -2.31. The lowest BCUT2D eigenvalue weighted by molar-refractivity contribution is 0.180. The smallest absolute Gasteiger partial charge is 0.318 e. The molecule has 6 nitrogen and oxygen atoms in total. The molecule has 0 unspecified atom stereocenters. The van der Waals surface area contributed by atoms with Gasteiger partial charge in [0.1, 0.15) is 11.6 Å². The van der Waals surface area contributed by atoms with Crippen molar-refractivity contribution in [3.63, 3.8) is 0 Å². The second-order valence-corrected chi connectivity index (χ2v) is 9.65. The van der Waals surface area contributed by atoms with E-state index in [-0.39, 0.29) is 11.8 Å². The summed E-state index contributed by atoms with van der Waals surface area (Å²) in [6.07, 6.45) is 3.62. The molecule has 2 aromatic carbocycles. The third kappa shape index (κ3) is 4.41. The Morgan fingerprint density at radius 1 is 1.11 bits per heavy atom. The molecule has 186 valence electrons. The first-order valence-corrected chi connectivity index (χ1v) is 12.6. The second-order valence-electron chi connectivity index (χ2n) is 9.65. The molecule has 4 aromatic rings. The molecule has 0 saturated carbocycles. The van der Waals surface area contributed by atoms with Crippen LogP contribution in [0.3, 0.4) is 0 Å². The molecule has 0 fully saturated rings. The summed E-state index contributed by atoms with van der Waals surface area (Å²) in [5, 5.41) is 8.08. The Morgan fingerprint density at radius 3 is 2.64 bits per heavy atom. The van der Waals surface area contributed by atoms with Gasteiger partial charge in [-0.05, 0) is 60.7 Å². The minimum absolute atomic E-state index is 0.167. The number of nitrogens with zero attached hydrogens (tertiary/aromatic N) is 4. The molecular weight excluding hydrogens is 453 g/mol. The van der Waals surface area contributed by atoms with Crippen LogP contribution in [0.4, 0.5) is 9.18 Å². The lowest BCUT2D eigenvalue weighted by Crippen LogP contribution is -2.42. The van der Waals surface area contributed by atoms with Crippen molar-refractivity contribution in [2.24, 2.45) is 5.92 Å². The quantitative estimate of drug-likeness (QED) is 0.363. The molecule has 3 heterocycles. The maximum atomic E-state index is 14.4. The predicted octanol–water partition coefficient (Wildman–Crippen LogP) is 6.03. The Labute approximate surface area is 211 Å². The first-order valence-electron chi connectivity index (χ1n) is 12.6. The van der Waals surface area contributed by atoms with Crippen LogP contribution >= 0.6 is 0 Å². The Morgan fingerprint density at radius 2 is 1.92 bits per heavy atom. The van der Waals surface area contributed by atoms with Gasteiger partial charge in [-0.3, -0.25) is 0 Å². The van der Waals surface area contributed by atoms with E-state index in [9.17, 15) is 9.18 Å². The SMILES string of the molecule is CCc1nn(-c2ccccc2)c2c1CN(C(=O)NCCC(C)C)[C@@H](c1cccc(F)c1)c1cccn1-2. The number of nitrogens with one attached hydrogen (secondary N) is 1. The fourth-order valence-corrected chi connectivity index (χ4v) is 4.94. The maximum Gasteiger partial charge on any atom is 0.318 e. The number of urea groups is 1. The van der Waals surface area contributed by atoms with Gasteiger partial charge in [-0.15, -0.1) is 0 Å². The van der Waals surface area contributed by atoms with Gasteiger partial charge in [0.25, 0.3) is 0 Å². The van der Waals surface area contributed by atoms with Gasteiger partial charge in [0.15, 0.2) is 0 Å². The molecule has 1 aliphatic rings. The third-order valence-electron chi connectivity index (χ3n) is 6.73. The summed E-state index contributed by atoms with van der Waals surface area (Å²) in [5.74, 6) is 1.07. The number of carbonyl (C=O) groups is 1. The number of hydrogen-bond donors (Lipinski definition) is 1. The molecular formula is C29H32FN5O. The van der Waals surface area contributed by atoms with Crippen LogP contribution in [-0.4, -0.2) is 31.8 Å². The summed E-state index contributed by atoms with van der Waals surface area (Å²) in [7, 11) is 0. The molecule has 2 aromatic heterocycles. The van der Waals surface area contributed by atoms with Crippen LogP contribution in [0, 0.1) is 11.7 Å². The molecule has 1 N–H and O–H groups in total. The van der Waals surface area contributed by atoms with E-state index in [0.717, 1.165) is 46.9 Å². The number of carbonyl (C=O) groups excluding carboxylic acids is 1. The van der Waals surface area contributed by atoms with Crippen LogP contribution in [-0.2, 0) is 13.0 Å². The topological polar surface area (TPSA) is 55.1 Å². The average Bonchev–Trinajstić information content (AvgIpc) is 3.45.